The molecular weight excluding hydrogens is 218 g/mol. The first-order chi connectivity index (χ1) is 8.24. The minimum Gasteiger partial charge on any atom is -0.497 e. The molecular formula is C12H13N3O2. The van der Waals surface area contributed by atoms with Gasteiger partial charge in [0.05, 0.1) is 14.2 Å². The molecule has 0 amide bonds. The Bertz CT molecular complexity index is 512. The summed E-state index contributed by atoms with van der Waals surface area (Å²) >= 11 is 0. The van der Waals surface area contributed by atoms with Gasteiger partial charge in [-0.25, -0.2) is 9.97 Å². The molecule has 0 saturated carbocycles. The van der Waals surface area contributed by atoms with Gasteiger partial charge in [-0.1, -0.05) is 0 Å². The molecule has 0 aliphatic heterocycles. The molecule has 0 bridgehead atoms. The molecule has 0 radical (unpaired) electrons. The van der Waals surface area contributed by atoms with E-state index >= 15 is 0 Å². The molecule has 0 aliphatic carbocycles. The predicted molar refractivity (Wildman–Crippen MR) is 65.0 cm³/mol. The number of aromatic nitrogens is 2. The summed E-state index contributed by atoms with van der Waals surface area (Å²) in [4.78, 5) is 7.91. The maximum Gasteiger partial charge on any atom is 0.219 e. The molecule has 1 heterocycles. The number of benzene rings is 1. The Balaban J connectivity index is 2.51. The first kappa shape index (κ1) is 11.2. The predicted octanol–water partition coefficient (Wildman–Crippen LogP) is 1.74. The fourth-order valence-corrected chi connectivity index (χ4v) is 1.52. The number of hydrogen-bond acceptors (Lipinski definition) is 5. The highest BCUT2D eigenvalue weighted by Crippen LogP contribution is 2.32. The molecule has 5 nitrogen and oxygen atoms in total. The zero-order valence-corrected chi connectivity index (χ0v) is 9.68. The number of nitrogens with zero attached hydrogens (tertiary/aromatic N) is 2. The van der Waals surface area contributed by atoms with Gasteiger partial charge in [0.15, 0.2) is 0 Å². The van der Waals surface area contributed by atoms with Crippen LogP contribution in [-0.4, -0.2) is 24.2 Å². The first-order valence-electron chi connectivity index (χ1n) is 5.04. The maximum atomic E-state index is 5.45. The van der Waals surface area contributed by atoms with Crippen molar-refractivity contribution < 1.29 is 9.47 Å². The van der Waals surface area contributed by atoms with Gasteiger partial charge in [-0.2, -0.15) is 0 Å². The lowest BCUT2D eigenvalue weighted by Gasteiger charge is -2.10. The van der Waals surface area contributed by atoms with E-state index in [1.54, 1.807) is 26.6 Å². The van der Waals surface area contributed by atoms with Crippen LogP contribution in [0.4, 0.5) is 5.95 Å². The summed E-state index contributed by atoms with van der Waals surface area (Å²) in [5.74, 6) is 1.73. The third-order valence-electron chi connectivity index (χ3n) is 2.39. The quantitative estimate of drug-likeness (QED) is 0.871. The number of methoxy groups -OCH3 is 2. The van der Waals surface area contributed by atoms with Gasteiger partial charge in [-0.05, 0) is 18.2 Å². The second kappa shape index (κ2) is 4.69. The van der Waals surface area contributed by atoms with E-state index in [1.807, 2.05) is 18.2 Å². The van der Waals surface area contributed by atoms with Gasteiger partial charge in [-0.3, -0.25) is 0 Å². The van der Waals surface area contributed by atoms with E-state index in [4.69, 9.17) is 15.2 Å². The number of nitrogens with two attached hydrogens (primary N) is 1. The molecule has 0 atom stereocenters. The van der Waals surface area contributed by atoms with Crippen LogP contribution in [0.3, 0.4) is 0 Å². The lowest BCUT2D eigenvalue weighted by molar-refractivity contribution is 0.404. The summed E-state index contributed by atoms with van der Waals surface area (Å²) in [6.45, 7) is 0. The van der Waals surface area contributed by atoms with Crippen molar-refractivity contribution in [3.8, 4) is 22.6 Å². The Morgan fingerprint density at radius 1 is 1.06 bits per heavy atom. The molecule has 0 unspecified atom stereocenters. The number of anilines is 1. The largest absolute Gasteiger partial charge is 0.497 e. The molecule has 0 spiro atoms. The van der Waals surface area contributed by atoms with E-state index in [0.29, 0.717) is 0 Å². The average Bonchev–Trinajstić information content (AvgIpc) is 2.39. The summed E-state index contributed by atoms with van der Waals surface area (Å²) in [5.41, 5.74) is 7.15. The van der Waals surface area contributed by atoms with Crippen molar-refractivity contribution >= 4 is 5.95 Å². The van der Waals surface area contributed by atoms with Gasteiger partial charge < -0.3 is 15.2 Å². The van der Waals surface area contributed by atoms with Crippen molar-refractivity contribution in [1.29, 1.82) is 0 Å². The van der Waals surface area contributed by atoms with Gasteiger partial charge in [0.25, 0.3) is 0 Å². The first-order valence-corrected chi connectivity index (χ1v) is 5.04. The highest BCUT2D eigenvalue weighted by atomic mass is 16.5. The summed E-state index contributed by atoms with van der Waals surface area (Å²) in [5, 5.41) is 0. The summed E-state index contributed by atoms with van der Waals surface area (Å²) in [7, 11) is 3.23. The van der Waals surface area contributed by atoms with Crippen LogP contribution in [0.15, 0.2) is 30.6 Å². The van der Waals surface area contributed by atoms with Crippen molar-refractivity contribution in [2.45, 2.75) is 0 Å². The summed E-state index contributed by atoms with van der Waals surface area (Å²) in [6, 6.07) is 5.54. The Morgan fingerprint density at radius 3 is 2.35 bits per heavy atom. The topological polar surface area (TPSA) is 70.3 Å². The molecule has 0 saturated heterocycles. The van der Waals surface area contributed by atoms with Gasteiger partial charge in [0.2, 0.25) is 5.95 Å². The Kier molecular flexibility index (Phi) is 3.09. The molecule has 1 aromatic heterocycles. The second-order valence-electron chi connectivity index (χ2n) is 3.40. The van der Waals surface area contributed by atoms with E-state index < -0.39 is 0 Å². The molecule has 5 heteroatoms. The molecule has 2 aromatic rings. The van der Waals surface area contributed by atoms with Gasteiger partial charge in [-0.15, -0.1) is 0 Å². The minimum absolute atomic E-state index is 0.246. The standard InChI is InChI=1S/C12H13N3O2/c1-16-9-3-4-11(17-2)10(5-9)8-6-14-12(13)15-7-8/h3-7H,1-2H3,(H2,13,14,15). The maximum absolute atomic E-state index is 5.45. The molecule has 0 fully saturated rings. The Labute approximate surface area is 99.2 Å². The van der Waals surface area contributed by atoms with Crippen molar-refractivity contribution in [2.24, 2.45) is 0 Å². The molecule has 0 aliphatic rings. The third kappa shape index (κ3) is 2.28. The minimum atomic E-state index is 0.246. The van der Waals surface area contributed by atoms with Crippen LogP contribution >= 0.6 is 0 Å². The van der Waals surface area contributed by atoms with E-state index in [9.17, 15) is 0 Å². The van der Waals surface area contributed by atoms with E-state index in [2.05, 4.69) is 9.97 Å². The monoisotopic (exact) mass is 231 g/mol. The highest BCUT2D eigenvalue weighted by Gasteiger charge is 2.08. The highest BCUT2D eigenvalue weighted by molar-refractivity contribution is 5.71. The van der Waals surface area contributed by atoms with Crippen molar-refractivity contribution in [1.82, 2.24) is 9.97 Å². The van der Waals surface area contributed by atoms with Crippen LogP contribution in [0, 0.1) is 0 Å². The van der Waals surface area contributed by atoms with Crippen LogP contribution in [0.25, 0.3) is 11.1 Å². The lowest BCUT2D eigenvalue weighted by Crippen LogP contribution is -1.95. The number of hydrogen-bond donors (Lipinski definition) is 1. The van der Waals surface area contributed by atoms with Crippen LogP contribution in [0.1, 0.15) is 0 Å². The van der Waals surface area contributed by atoms with Crippen LogP contribution in [0.5, 0.6) is 11.5 Å². The molecule has 17 heavy (non-hydrogen) atoms. The normalized spacial score (nSPS) is 10.0. The average molecular weight is 231 g/mol. The van der Waals surface area contributed by atoms with Crippen molar-refractivity contribution in [3.05, 3.63) is 30.6 Å². The fourth-order valence-electron chi connectivity index (χ4n) is 1.52. The number of rotatable bonds is 3. The van der Waals surface area contributed by atoms with Gasteiger partial charge in [0, 0.05) is 23.5 Å². The SMILES string of the molecule is COc1ccc(OC)c(-c2cnc(N)nc2)c1. The summed E-state index contributed by atoms with van der Waals surface area (Å²) in [6.07, 6.45) is 3.30. The summed E-state index contributed by atoms with van der Waals surface area (Å²) < 4.78 is 10.5. The number of ether oxygens (including phenoxy) is 2. The zero-order valence-electron chi connectivity index (χ0n) is 9.68. The smallest absolute Gasteiger partial charge is 0.219 e. The zero-order chi connectivity index (χ0) is 12.3. The van der Waals surface area contributed by atoms with Gasteiger partial charge in [0.1, 0.15) is 11.5 Å². The van der Waals surface area contributed by atoms with E-state index in [1.165, 1.54) is 0 Å². The van der Waals surface area contributed by atoms with Crippen molar-refractivity contribution in [2.75, 3.05) is 20.0 Å². The molecule has 2 rings (SSSR count). The third-order valence-corrected chi connectivity index (χ3v) is 2.39. The second-order valence-corrected chi connectivity index (χ2v) is 3.40. The lowest BCUT2D eigenvalue weighted by atomic mass is 10.1. The van der Waals surface area contributed by atoms with Crippen molar-refractivity contribution in [3.63, 3.8) is 0 Å². The van der Waals surface area contributed by atoms with Crippen LogP contribution in [-0.2, 0) is 0 Å². The molecule has 2 N–H and O–H groups in total. The van der Waals surface area contributed by atoms with Gasteiger partial charge >= 0.3 is 0 Å². The molecule has 1 aromatic carbocycles. The fraction of sp³-hybridized carbons (Fsp3) is 0.167. The number of nitrogen functional groups attached to an aromatic ring is 1. The molecule has 88 valence electrons. The Hall–Kier alpha value is -2.30. The van der Waals surface area contributed by atoms with E-state index in [0.717, 1.165) is 22.6 Å². The van der Waals surface area contributed by atoms with Crippen LogP contribution < -0.4 is 15.2 Å². The van der Waals surface area contributed by atoms with Crippen LogP contribution in [0.2, 0.25) is 0 Å². The van der Waals surface area contributed by atoms with E-state index in [-0.39, 0.29) is 5.95 Å². The Morgan fingerprint density at radius 2 is 1.76 bits per heavy atom.